The van der Waals surface area contributed by atoms with E-state index in [1.807, 2.05) is 0 Å². The van der Waals surface area contributed by atoms with Gasteiger partial charge in [-0.1, -0.05) is 6.07 Å². The summed E-state index contributed by atoms with van der Waals surface area (Å²) in [6.45, 7) is 1.09. The molecule has 3 rings (SSSR count). The minimum Gasteiger partial charge on any atom is -0.380 e. The second kappa shape index (κ2) is 7.22. The lowest BCUT2D eigenvalue weighted by molar-refractivity contribution is -0.141. The molecule has 1 aliphatic rings. The van der Waals surface area contributed by atoms with E-state index in [4.69, 9.17) is 4.74 Å². The van der Waals surface area contributed by atoms with E-state index in [-0.39, 0.29) is 18.0 Å². The molecule has 0 spiro atoms. The van der Waals surface area contributed by atoms with Crippen molar-refractivity contribution in [3.05, 3.63) is 42.5 Å². The summed E-state index contributed by atoms with van der Waals surface area (Å²) < 4.78 is 43.7. The van der Waals surface area contributed by atoms with Crippen LogP contribution in [0.1, 0.15) is 12.1 Å². The second-order valence-corrected chi connectivity index (χ2v) is 5.75. The van der Waals surface area contributed by atoms with Crippen molar-refractivity contribution in [2.75, 3.05) is 30.4 Å². The number of rotatable bonds is 5. The summed E-state index contributed by atoms with van der Waals surface area (Å²) in [4.78, 5) is 13.9. The number of halogens is 3. The average Bonchev–Trinajstić information content (AvgIpc) is 3.04. The zero-order valence-corrected chi connectivity index (χ0v) is 13.6. The zero-order valence-electron chi connectivity index (χ0n) is 13.6. The highest BCUT2D eigenvalue weighted by atomic mass is 19.4. The molecule has 2 aromatic rings. The Balaban J connectivity index is 1.70. The van der Waals surface area contributed by atoms with Crippen LogP contribution >= 0.6 is 0 Å². The van der Waals surface area contributed by atoms with E-state index in [0.29, 0.717) is 13.1 Å². The van der Waals surface area contributed by atoms with Crippen LogP contribution in [0.5, 0.6) is 0 Å². The van der Waals surface area contributed by atoms with Crippen LogP contribution < -0.4 is 10.2 Å². The van der Waals surface area contributed by atoms with E-state index in [0.717, 1.165) is 18.3 Å². The maximum atomic E-state index is 12.8. The smallest absolute Gasteiger partial charge is 0.380 e. The van der Waals surface area contributed by atoms with E-state index in [1.165, 1.54) is 18.5 Å². The number of hydrogen-bond donors (Lipinski definition) is 1. The molecule has 134 valence electrons. The number of hydrogen-bond acceptors (Lipinski definition) is 6. The Labute approximate surface area is 143 Å². The van der Waals surface area contributed by atoms with Crippen molar-refractivity contribution in [2.24, 2.45) is 0 Å². The third-order valence-electron chi connectivity index (χ3n) is 4.13. The van der Waals surface area contributed by atoms with Gasteiger partial charge >= 0.3 is 6.18 Å². The first-order chi connectivity index (χ1) is 12.0. The number of alkyl halides is 3. The molecule has 0 saturated carbocycles. The van der Waals surface area contributed by atoms with Crippen LogP contribution in [0.25, 0.3) is 0 Å². The van der Waals surface area contributed by atoms with Crippen LogP contribution in [0, 0.1) is 0 Å². The van der Waals surface area contributed by atoms with Crippen molar-refractivity contribution < 1.29 is 17.9 Å². The predicted molar refractivity (Wildman–Crippen MR) is 86.3 cm³/mol. The van der Waals surface area contributed by atoms with Crippen molar-refractivity contribution in [2.45, 2.75) is 24.7 Å². The molecule has 9 heteroatoms. The van der Waals surface area contributed by atoms with Crippen LogP contribution in [-0.2, 0) is 10.9 Å². The van der Waals surface area contributed by atoms with Gasteiger partial charge in [-0.3, -0.25) is 0 Å². The first kappa shape index (κ1) is 17.4. The normalized spacial score (nSPS) is 20.7. The number of methoxy groups -OCH3 is 1. The SMILES string of the molecule is CO[C@@H]1C[C@H](CNc2cccc(C(F)(F)F)n2)N(c2ccncn2)C1. The monoisotopic (exact) mass is 353 g/mol. The molecule has 25 heavy (non-hydrogen) atoms. The summed E-state index contributed by atoms with van der Waals surface area (Å²) in [7, 11) is 1.65. The largest absolute Gasteiger partial charge is 0.433 e. The summed E-state index contributed by atoms with van der Waals surface area (Å²) in [5.74, 6) is 0.955. The predicted octanol–water partition coefficient (Wildman–Crippen LogP) is 2.60. The van der Waals surface area contributed by atoms with E-state index >= 15 is 0 Å². The third kappa shape index (κ3) is 4.16. The van der Waals surface area contributed by atoms with E-state index in [9.17, 15) is 13.2 Å². The van der Waals surface area contributed by atoms with Gasteiger partial charge in [-0.15, -0.1) is 0 Å². The van der Waals surface area contributed by atoms with Crippen molar-refractivity contribution in [3.63, 3.8) is 0 Å². The lowest BCUT2D eigenvalue weighted by Gasteiger charge is -2.25. The number of ether oxygens (including phenoxy) is 1. The lowest BCUT2D eigenvalue weighted by atomic mass is 10.2. The van der Waals surface area contributed by atoms with Crippen LogP contribution in [0.15, 0.2) is 36.8 Å². The van der Waals surface area contributed by atoms with E-state index in [2.05, 4.69) is 25.2 Å². The van der Waals surface area contributed by atoms with Gasteiger partial charge in [0.05, 0.1) is 12.1 Å². The first-order valence-corrected chi connectivity index (χ1v) is 7.81. The Hall–Kier alpha value is -2.42. The number of nitrogens with one attached hydrogen (secondary N) is 1. The quantitative estimate of drug-likeness (QED) is 0.892. The highest BCUT2D eigenvalue weighted by molar-refractivity contribution is 5.42. The standard InChI is InChI=1S/C16H18F3N5O/c1-25-12-7-11(24(9-12)15-5-6-20-10-22-15)8-21-14-4-2-3-13(23-14)16(17,18)19/h2-6,10-12H,7-9H2,1H3,(H,21,23)/t11-,12-/m1/s1. The summed E-state index contributed by atoms with van der Waals surface area (Å²) in [6.07, 6.45) is -0.558. The summed E-state index contributed by atoms with van der Waals surface area (Å²) in [6, 6.07) is 5.64. The van der Waals surface area contributed by atoms with Gasteiger partial charge in [0, 0.05) is 26.4 Å². The van der Waals surface area contributed by atoms with Gasteiger partial charge in [0.2, 0.25) is 0 Å². The summed E-state index contributed by atoms with van der Waals surface area (Å²) >= 11 is 0. The molecule has 0 aliphatic carbocycles. The van der Waals surface area contributed by atoms with Gasteiger partial charge in [-0.25, -0.2) is 15.0 Å². The van der Waals surface area contributed by atoms with Crippen LogP contribution in [-0.4, -0.2) is 47.3 Å². The third-order valence-corrected chi connectivity index (χ3v) is 4.13. The lowest BCUT2D eigenvalue weighted by Crippen LogP contribution is -2.35. The average molecular weight is 353 g/mol. The highest BCUT2D eigenvalue weighted by Crippen LogP contribution is 2.29. The van der Waals surface area contributed by atoms with Crippen LogP contribution in [0.2, 0.25) is 0 Å². The van der Waals surface area contributed by atoms with Crippen molar-refractivity contribution >= 4 is 11.6 Å². The molecule has 3 heterocycles. The zero-order chi connectivity index (χ0) is 17.9. The van der Waals surface area contributed by atoms with Crippen LogP contribution in [0.3, 0.4) is 0 Å². The van der Waals surface area contributed by atoms with E-state index < -0.39 is 11.9 Å². The molecular weight excluding hydrogens is 335 g/mol. The van der Waals surface area contributed by atoms with Gasteiger partial charge in [0.1, 0.15) is 23.7 Å². The highest BCUT2D eigenvalue weighted by Gasteiger charge is 2.34. The number of pyridine rings is 1. The van der Waals surface area contributed by atoms with Crippen molar-refractivity contribution in [3.8, 4) is 0 Å². The molecule has 1 aliphatic heterocycles. The molecule has 0 unspecified atom stereocenters. The summed E-state index contributed by atoms with van der Waals surface area (Å²) in [5.41, 5.74) is -0.911. The molecule has 0 amide bonds. The fourth-order valence-electron chi connectivity index (χ4n) is 2.89. The maximum Gasteiger partial charge on any atom is 0.433 e. The molecule has 2 aromatic heterocycles. The number of nitrogens with zero attached hydrogens (tertiary/aromatic N) is 4. The fourth-order valence-corrected chi connectivity index (χ4v) is 2.89. The van der Waals surface area contributed by atoms with Gasteiger partial charge < -0.3 is 15.0 Å². The minimum atomic E-state index is -4.46. The van der Waals surface area contributed by atoms with Gasteiger partial charge in [0.25, 0.3) is 0 Å². The Morgan fingerprint density at radius 1 is 1.32 bits per heavy atom. The molecule has 2 atom stereocenters. The summed E-state index contributed by atoms with van der Waals surface area (Å²) in [5, 5.41) is 2.99. The Morgan fingerprint density at radius 3 is 2.84 bits per heavy atom. The Morgan fingerprint density at radius 2 is 2.16 bits per heavy atom. The molecule has 1 N–H and O–H groups in total. The fraction of sp³-hybridized carbons (Fsp3) is 0.438. The number of anilines is 2. The van der Waals surface area contributed by atoms with Crippen molar-refractivity contribution in [1.29, 1.82) is 0 Å². The Bertz CT molecular complexity index is 698. The molecule has 1 saturated heterocycles. The van der Waals surface area contributed by atoms with Crippen LogP contribution in [0.4, 0.5) is 24.8 Å². The van der Waals surface area contributed by atoms with Gasteiger partial charge in [-0.2, -0.15) is 13.2 Å². The molecule has 1 fully saturated rings. The van der Waals surface area contributed by atoms with Crippen molar-refractivity contribution in [1.82, 2.24) is 15.0 Å². The topological polar surface area (TPSA) is 63.2 Å². The van der Waals surface area contributed by atoms with Gasteiger partial charge in [-0.05, 0) is 24.6 Å². The molecular formula is C16H18F3N5O. The number of aromatic nitrogens is 3. The van der Waals surface area contributed by atoms with Gasteiger partial charge in [0.15, 0.2) is 0 Å². The first-order valence-electron chi connectivity index (χ1n) is 7.81. The minimum absolute atomic E-state index is 0.0243. The van der Waals surface area contributed by atoms with E-state index in [1.54, 1.807) is 19.4 Å². The Kier molecular flexibility index (Phi) is 5.03. The molecule has 0 bridgehead atoms. The second-order valence-electron chi connectivity index (χ2n) is 5.75. The molecule has 0 aromatic carbocycles. The molecule has 0 radical (unpaired) electrons. The molecule has 6 nitrogen and oxygen atoms in total. The maximum absolute atomic E-state index is 12.8.